The quantitative estimate of drug-likeness (QED) is 0.109. The Labute approximate surface area is 191 Å². The molecule has 8 heteroatoms. The van der Waals surface area contributed by atoms with Gasteiger partial charge in [-0.05, 0) is 37.9 Å². The number of nitrogens with one attached hydrogen (secondary N) is 2. The molecule has 0 unspecified atom stereocenters. The molecule has 0 aliphatic heterocycles. The molecule has 0 rings (SSSR count). The molecule has 0 aromatic carbocycles. The summed E-state index contributed by atoms with van der Waals surface area (Å²) in [5.74, 6) is -1.43. The van der Waals surface area contributed by atoms with Gasteiger partial charge in [-0.25, -0.2) is 0 Å². The number of isothiocyanates is 1. The second-order valence-electron chi connectivity index (χ2n) is 6.62. The largest absolute Gasteiger partial charge is 1.00 e. The standard InChI is InChI=1S/C19H35N3O3S.Na/c1-2-3-4-5-6-7-8-9-10-14-18(23)22-17(19(24)25)13-11-12-15-20-21-16-26;/h17,20H,2-15H2,1H3,(H,22,23)(H,24,25);/q;+1/p-1/t17-;/m0./s1. The number of carboxylic acid groups (broad SMARTS) is 1. The van der Waals surface area contributed by atoms with Crippen molar-refractivity contribution >= 4 is 29.3 Å². The van der Waals surface area contributed by atoms with Crippen LogP contribution in [0.1, 0.15) is 90.4 Å². The van der Waals surface area contributed by atoms with Crippen molar-refractivity contribution in [1.82, 2.24) is 10.7 Å². The average Bonchev–Trinajstić information content (AvgIpc) is 2.62. The van der Waals surface area contributed by atoms with Crippen LogP contribution in [0.2, 0.25) is 0 Å². The molecule has 0 heterocycles. The first-order valence-electron chi connectivity index (χ1n) is 9.91. The number of thiocarbonyl (C=S) groups is 1. The minimum Gasteiger partial charge on any atom is -0.548 e. The molecule has 0 aromatic rings. The summed E-state index contributed by atoms with van der Waals surface area (Å²) in [5.41, 5.74) is 2.70. The molecule has 0 saturated heterocycles. The first-order valence-corrected chi connectivity index (χ1v) is 10.3. The molecular weight excluding hydrogens is 373 g/mol. The van der Waals surface area contributed by atoms with Crippen LogP contribution in [0, 0.1) is 0 Å². The second-order valence-corrected chi connectivity index (χ2v) is 6.81. The van der Waals surface area contributed by atoms with Crippen molar-refractivity contribution in [2.45, 2.75) is 96.4 Å². The molecular formula is C19H34N3NaO3S. The van der Waals surface area contributed by atoms with Gasteiger partial charge in [0.2, 0.25) is 5.91 Å². The molecule has 0 radical (unpaired) electrons. The summed E-state index contributed by atoms with van der Waals surface area (Å²) in [5, 5.41) is 19.5. The van der Waals surface area contributed by atoms with Gasteiger partial charge in [-0.1, -0.05) is 58.3 Å². The van der Waals surface area contributed by atoms with Crippen LogP contribution >= 0.6 is 12.2 Å². The van der Waals surface area contributed by atoms with Crippen molar-refractivity contribution < 1.29 is 44.3 Å². The fourth-order valence-electron chi connectivity index (χ4n) is 2.75. The van der Waals surface area contributed by atoms with Crippen molar-refractivity contribution in [2.75, 3.05) is 6.54 Å². The number of rotatable bonds is 18. The maximum atomic E-state index is 11.9. The Hall–Kier alpha value is -0.460. The third-order valence-corrected chi connectivity index (χ3v) is 4.37. The molecule has 0 fully saturated rings. The maximum Gasteiger partial charge on any atom is 1.00 e. The number of carbonyl (C=O) groups is 2. The Morgan fingerprint density at radius 1 is 1.00 bits per heavy atom. The fraction of sp³-hybridized carbons (Fsp3) is 0.842. The van der Waals surface area contributed by atoms with Gasteiger partial charge in [-0.3, -0.25) is 4.79 Å². The number of unbranched alkanes of at least 4 members (excludes halogenated alkanes) is 9. The molecule has 6 nitrogen and oxygen atoms in total. The molecule has 1 atom stereocenters. The van der Waals surface area contributed by atoms with Crippen LogP contribution in [0.4, 0.5) is 0 Å². The predicted octanol–water partition coefficient (Wildman–Crippen LogP) is -0.0763. The Kier molecular flexibility index (Phi) is 23.2. The van der Waals surface area contributed by atoms with Gasteiger partial charge in [0.05, 0.1) is 17.2 Å². The summed E-state index contributed by atoms with van der Waals surface area (Å²) >= 11 is 4.42. The predicted molar refractivity (Wildman–Crippen MR) is 106 cm³/mol. The molecule has 0 aliphatic carbocycles. The van der Waals surface area contributed by atoms with Gasteiger partial charge in [0, 0.05) is 13.0 Å². The van der Waals surface area contributed by atoms with Crippen molar-refractivity contribution in [1.29, 1.82) is 0 Å². The van der Waals surface area contributed by atoms with Gasteiger partial charge in [-0.15, -0.1) is 5.10 Å². The molecule has 150 valence electrons. The van der Waals surface area contributed by atoms with E-state index in [0.29, 0.717) is 25.8 Å². The minimum atomic E-state index is -1.23. The smallest absolute Gasteiger partial charge is 0.548 e. The van der Waals surface area contributed by atoms with E-state index in [-0.39, 0.29) is 35.5 Å². The van der Waals surface area contributed by atoms with Gasteiger partial charge in [0.1, 0.15) is 0 Å². The zero-order valence-electron chi connectivity index (χ0n) is 17.1. The zero-order valence-corrected chi connectivity index (χ0v) is 19.9. The topological polar surface area (TPSA) is 93.6 Å². The number of carbonyl (C=O) groups excluding carboxylic acids is 2. The van der Waals surface area contributed by atoms with Gasteiger partial charge in [0.25, 0.3) is 0 Å². The van der Waals surface area contributed by atoms with E-state index >= 15 is 0 Å². The Morgan fingerprint density at radius 3 is 2.15 bits per heavy atom. The Morgan fingerprint density at radius 2 is 1.59 bits per heavy atom. The maximum absolute atomic E-state index is 11.9. The minimum absolute atomic E-state index is 0. The normalized spacial score (nSPS) is 11.0. The third kappa shape index (κ3) is 20.1. The Bertz CT molecular complexity index is 432. The van der Waals surface area contributed by atoms with E-state index in [0.717, 1.165) is 25.7 Å². The zero-order chi connectivity index (χ0) is 19.5. The van der Waals surface area contributed by atoms with Crippen molar-refractivity contribution in [3.8, 4) is 0 Å². The van der Waals surface area contributed by atoms with E-state index in [4.69, 9.17) is 0 Å². The van der Waals surface area contributed by atoms with Gasteiger partial charge in [-0.2, -0.15) is 0 Å². The van der Waals surface area contributed by atoms with Crippen LogP contribution < -0.4 is 45.4 Å². The second kappa shape index (κ2) is 21.8. The van der Waals surface area contributed by atoms with E-state index in [9.17, 15) is 14.7 Å². The van der Waals surface area contributed by atoms with Crippen LogP contribution in [0.3, 0.4) is 0 Å². The molecule has 0 spiro atoms. The molecule has 0 aliphatic rings. The molecule has 2 N–H and O–H groups in total. The first kappa shape index (κ1) is 28.7. The van der Waals surface area contributed by atoms with E-state index in [2.05, 4.69) is 40.1 Å². The summed E-state index contributed by atoms with van der Waals surface area (Å²) in [6, 6.07) is -0.921. The van der Waals surface area contributed by atoms with Crippen LogP contribution in [-0.2, 0) is 9.59 Å². The molecule has 27 heavy (non-hydrogen) atoms. The number of amides is 1. The van der Waals surface area contributed by atoms with Gasteiger partial charge in [0.15, 0.2) is 0 Å². The van der Waals surface area contributed by atoms with Crippen LogP contribution in [0.15, 0.2) is 5.10 Å². The summed E-state index contributed by atoms with van der Waals surface area (Å²) in [7, 11) is 0. The Balaban J connectivity index is 0. The van der Waals surface area contributed by atoms with Crippen molar-refractivity contribution in [3.63, 3.8) is 0 Å². The van der Waals surface area contributed by atoms with Crippen molar-refractivity contribution in [2.24, 2.45) is 5.10 Å². The number of aliphatic carboxylic acids is 1. The summed E-state index contributed by atoms with van der Waals surface area (Å²) < 4.78 is 0. The molecule has 0 aromatic heterocycles. The number of nitrogens with zero attached hydrogens (tertiary/aromatic N) is 1. The number of hydrogen-bond donors (Lipinski definition) is 2. The fourth-order valence-corrected chi connectivity index (χ4v) is 2.82. The average molecular weight is 408 g/mol. The van der Waals surface area contributed by atoms with E-state index in [1.807, 2.05) is 0 Å². The molecule has 1 amide bonds. The number of carboxylic acids is 1. The third-order valence-electron chi connectivity index (χ3n) is 4.28. The summed E-state index contributed by atoms with van der Waals surface area (Å²) in [4.78, 5) is 23.0. The monoisotopic (exact) mass is 407 g/mol. The van der Waals surface area contributed by atoms with Gasteiger partial charge < -0.3 is 20.6 Å². The first-order chi connectivity index (χ1) is 12.6. The van der Waals surface area contributed by atoms with E-state index < -0.39 is 12.0 Å². The SMILES string of the molecule is CCCCCCCCCCCC(=O)N[C@@H](CCCCNN=C=S)C(=O)[O-].[Na+]. The molecule has 0 bridgehead atoms. The van der Waals surface area contributed by atoms with Crippen molar-refractivity contribution in [3.05, 3.63) is 0 Å². The van der Waals surface area contributed by atoms with Gasteiger partial charge >= 0.3 is 29.6 Å². The summed E-state index contributed by atoms with van der Waals surface area (Å²) in [6.45, 7) is 2.81. The summed E-state index contributed by atoms with van der Waals surface area (Å²) in [6.07, 6.45) is 12.8. The van der Waals surface area contributed by atoms with Crippen LogP contribution in [-0.4, -0.2) is 29.6 Å². The molecule has 0 saturated carbocycles. The van der Waals surface area contributed by atoms with E-state index in [1.54, 1.807) is 0 Å². The van der Waals surface area contributed by atoms with Crippen LogP contribution in [0.25, 0.3) is 0 Å². The van der Waals surface area contributed by atoms with Crippen LogP contribution in [0.5, 0.6) is 0 Å². The van der Waals surface area contributed by atoms with E-state index in [1.165, 1.54) is 38.5 Å². The number of hydrazone groups is 1. The number of hydrogen-bond acceptors (Lipinski definition) is 6.